The molecule has 0 amide bonds. The Morgan fingerprint density at radius 3 is 2.08 bits per heavy atom. The number of halogens is 6. The summed E-state index contributed by atoms with van der Waals surface area (Å²) in [6.45, 7) is 6.92. The predicted molar refractivity (Wildman–Crippen MR) is 128 cm³/mol. The Morgan fingerprint density at radius 1 is 0.950 bits per heavy atom. The Hall–Kier alpha value is -3.43. The lowest BCUT2D eigenvalue weighted by molar-refractivity contribution is -0.193. The number of aliphatic carboxylic acids is 2. The van der Waals surface area contributed by atoms with Gasteiger partial charge in [0, 0.05) is 57.6 Å². The summed E-state index contributed by atoms with van der Waals surface area (Å²) < 4.78 is 75.0. The maximum absolute atomic E-state index is 10.6. The van der Waals surface area contributed by atoms with Crippen LogP contribution in [0.25, 0.3) is 0 Å². The number of alkyl halides is 6. The highest BCUT2D eigenvalue weighted by atomic mass is 19.4. The third-order valence-electron chi connectivity index (χ3n) is 5.84. The van der Waals surface area contributed by atoms with Crippen LogP contribution in [0.5, 0.6) is 5.75 Å². The fourth-order valence-electron chi connectivity index (χ4n) is 4.10. The average Bonchev–Trinajstić information content (AvgIpc) is 3.14. The van der Waals surface area contributed by atoms with Crippen molar-refractivity contribution in [3.05, 3.63) is 59.9 Å². The van der Waals surface area contributed by atoms with Crippen molar-refractivity contribution in [3.63, 3.8) is 0 Å². The molecule has 0 bridgehead atoms. The van der Waals surface area contributed by atoms with Crippen LogP contribution in [0.3, 0.4) is 0 Å². The minimum absolute atomic E-state index is 0.347. The van der Waals surface area contributed by atoms with Gasteiger partial charge in [-0.3, -0.25) is 14.8 Å². The number of carboxylic acid groups (broad SMARTS) is 2. The molecule has 0 saturated carbocycles. The zero-order chi connectivity index (χ0) is 29.9. The molecule has 2 N–H and O–H groups in total. The van der Waals surface area contributed by atoms with Crippen molar-refractivity contribution in [1.82, 2.24) is 14.8 Å². The Labute approximate surface area is 225 Å². The van der Waals surface area contributed by atoms with Crippen LogP contribution < -0.4 is 4.74 Å². The molecule has 15 heteroatoms. The highest BCUT2D eigenvalue weighted by Crippen LogP contribution is 2.26. The molecule has 2 fully saturated rings. The zero-order valence-electron chi connectivity index (χ0n) is 21.4. The van der Waals surface area contributed by atoms with Crippen molar-refractivity contribution in [2.75, 3.05) is 39.9 Å². The number of ether oxygens (including phenoxy) is 2. The fraction of sp³-hybridized carbons (Fsp3) is 0.480. The van der Waals surface area contributed by atoms with Crippen LogP contribution >= 0.6 is 0 Å². The third kappa shape index (κ3) is 11.4. The minimum atomic E-state index is -5.08. The summed E-state index contributed by atoms with van der Waals surface area (Å²) in [5.41, 5.74) is 2.57. The first-order valence-electron chi connectivity index (χ1n) is 11.9. The summed E-state index contributed by atoms with van der Waals surface area (Å²) in [6.07, 6.45) is -6.02. The summed E-state index contributed by atoms with van der Waals surface area (Å²) in [5, 5.41) is 14.2. The molecule has 40 heavy (non-hydrogen) atoms. The molecular formula is C25H29F6N3O6. The standard InChI is InChI=1S/C21H27N3O2.2C2HF3O2/c1-25-20-6-2-4-17(10-20)12-24-15-19-14-23(8-9-26-21(19)16-24)13-18-5-3-7-22-11-18;2*3-2(4,5)1(6)7/h2-7,10-11,19,21H,8-9,12-16H2,1H3;2*(H,6,7)/t19-,21+;;/m0../s1. The molecule has 1 aromatic carbocycles. The molecule has 222 valence electrons. The van der Waals surface area contributed by atoms with Crippen molar-refractivity contribution >= 4 is 11.9 Å². The maximum atomic E-state index is 10.6. The maximum Gasteiger partial charge on any atom is 0.490 e. The van der Waals surface area contributed by atoms with Crippen LogP contribution in [0.1, 0.15) is 11.1 Å². The number of hydrogen-bond acceptors (Lipinski definition) is 7. The molecule has 1 aromatic heterocycles. The number of carboxylic acids is 2. The first-order chi connectivity index (χ1) is 18.7. The monoisotopic (exact) mass is 581 g/mol. The van der Waals surface area contributed by atoms with E-state index in [2.05, 4.69) is 39.0 Å². The fourth-order valence-corrected chi connectivity index (χ4v) is 4.10. The number of carbonyl (C=O) groups is 2. The molecule has 3 heterocycles. The number of hydrogen-bond donors (Lipinski definition) is 2. The molecule has 2 aromatic rings. The van der Waals surface area contributed by atoms with E-state index in [1.165, 1.54) is 11.1 Å². The van der Waals surface area contributed by atoms with Gasteiger partial charge in [-0.2, -0.15) is 26.3 Å². The second-order valence-corrected chi connectivity index (χ2v) is 8.92. The molecule has 0 aliphatic carbocycles. The summed E-state index contributed by atoms with van der Waals surface area (Å²) >= 11 is 0. The van der Waals surface area contributed by atoms with Gasteiger partial charge in [-0.15, -0.1) is 0 Å². The molecule has 2 aliphatic heterocycles. The molecule has 9 nitrogen and oxygen atoms in total. The second-order valence-electron chi connectivity index (χ2n) is 8.92. The zero-order valence-corrected chi connectivity index (χ0v) is 21.4. The number of rotatable bonds is 5. The van der Waals surface area contributed by atoms with Gasteiger partial charge in [-0.25, -0.2) is 9.59 Å². The second kappa shape index (κ2) is 14.8. The van der Waals surface area contributed by atoms with E-state index >= 15 is 0 Å². The molecule has 2 aliphatic rings. The van der Waals surface area contributed by atoms with Gasteiger partial charge in [0.2, 0.25) is 0 Å². The molecule has 4 rings (SSSR count). The van der Waals surface area contributed by atoms with E-state index < -0.39 is 24.3 Å². The van der Waals surface area contributed by atoms with Gasteiger partial charge < -0.3 is 19.7 Å². The molecule has 0 unspecified atom stereocenters. The van der Waals surface area contributed by atoms with Gasteiger partial charge in [0.1, 0.15) is 5.75 Å². The minimum Gasteiger partial charge on any atom is -0.497 e. The summed E-state index contributed by atoms with van der Waals surface area (Å²) in [4.78, 5) is 27.1. The van der Waals surface area contributed by atoms with Gasteiger partial charge in [-0.05, 0) is 29.3 Å². The van der Waals surface area contributed by atoms with Crippen molar-refractivity contribution < 1.29 is 55.6 Å². The highest BCUT2D eigenvalue weighted by Gasteiger charge is 2.39. The lowest BCUT2D eigenvalue weighted by Gasteiger charge is -2.23. The van der Waals surface area contributed by atoms with Gasteiger partial charge >= 0.3 is 24.3 Å². The first-order valence-corrected chi connectivity index (χ1v) is 11.9. The van der Waals surface area contributed by atoms with Crippen LogP contribution in [0.4, 0.5) is 26.3 Å². The molecular weight excluding hydrogens is 552 g/mol. The van der Waals surface area contributed by atoms with Crippen LogP contribution in [0.2, 0.25) is 0 Å². The van der Waals surface area contributed by atoms with Gasteiger partial charge in [0.25, 0.3) is 0 Å². The Kier molecular flexibility index (Phi) is 12.1. The van der Waals surface area contributed by atoms with Crippen LogP contribution in [-0.2, 0) is 27.4 Å². The first kappa shape index (κ1) is 32.8. The largest absolute Gasteiger partial charge is 0.497 e. The quantitative estimate of drug-likeness (QED) is 0.511. The lowest BCUT2D eigenvalue weighted by Crippen LogP contribution is -2.32. The van der Waals surface area contributed by atoms with Crippen LogP contribution in [0, 0.1) is 5.92 Å². The van der Waals surface area contributed by atoms with Crippen LogP contribution in [-0.4, -0.2) is 95.3 Å². The Bertz CT molecular complexity index is 1060. The number of nitrogens with zero attached hydrogens (tertiary/aromatic N) is 3. The van der Waals surface area contributed by atoms with E-state index in [-0.39, 0.29) is 0 Å². The number of methoxy groups -OCH3 is 1. The van der Waals surface area contributed by atoms with Crippen molar-refractivity contribution in [2.24, 2.45) is 5.92 Å². The Morgan fingerprint density at radius 2 is 1.52 bits per heavy atom. The van der Waals surface area contributed by atoms with Crippen molar-refractivity contribution in [3.8, 4) is 5.75 Å². The third-order valence-corrected chi connectivity index (χ3v) is 5.84. The van der Waals surface area contributed by atoms with E-state index in [1.54, 1.807) is 7.11 Å². The summed E-state index contributed by atoms with van der Waals surface area (Å²) in [5.74, 6) is -4.02. The van der Waals surface area contributed by atoms with Gasteiger partial charge in [0.05, 0.1) is 19.8 Å². The smallest absolute Gasteiger partial charge is 0.490 e. The number of benzene rings is 1. The summed E-state index contributed by atoms with van der Waals surface area (Å²) in [7, 11) is 1.72. The number of pyridine rings is 1. The van der Waals surface area contributed by atoms with Crippen molar-refractivity contribution in [2.45, 2.75) is 31.5 Å². The SMILES string of the molecule is COc1cccc(CN2C[C@@H]3CN(Cc4cccnc4)CCO[C@@H]3C2)c1.O=C(O)C(F)(F)F.O=C(O)C(F)(F)F. The average molecular weight is 582 g/mol. The van der Waals surface area contributed by atoms with E-state index in [1.807, 2.05) is 24.5 Å². The van der Waals surface area contributed by atoms with E-state index in [0.29, 0.717) is 12.0 Å². The van der Waals surface area contributed by atoms with E-state index in [0.717, 1.165) is 51.6 Å². The normalized spacial score (nSPS) is 19.7. The topological polar surface area (TPSA) is 112 Å². The number of likely N-dealkylation sites (tertiary alicyclic amines) is 1. The van der Waals surface area contributed by atoms with Gasteiger partial charge in [0.15, 0.2) is 0 Å². The van der Waals surface area contributed by atoms with E-state index in [4.69, 9.17) is 29.3 Å². The van der Waals surface area contributed by atoms with Gasteiger partial charge in [-0.1, -0.05) is 18.2 Å². The highest BCUT2D eigenvalue weighted by molar-refractivity contribution is 5.73. The van der Waals surface area contributed by atoms with E-state index in [9.17, 15) is 26.3 Å². The summed E-state index contributed by atoms with van der Waals surface area (Å²) in [6, 6.07) is 12.5. The number of fused-ring (bicyclic) bond motifs is 1. The van der Waals surface area contributed by atoms with Crippen molar-refractivity contribution in [1.29, 1.82) is 0 Å². The lowest BCUT2D eigenvalue weighted by atomic mass is 10.1. The number of aromatic nitrogens is 1. The molecule has 2 saturated heterocycles. The molecule has 0 spiro atoms. The molecule has 2 atom stereocenters. The van der Waals surface area contributed by atoms with Crippen LogP contribution in [0.15, 0.2) is 48.8 Å². The molecule has 0 radical (unpaired) electrons. The Balaban J connectivity index is 0.000000333. The predicted octanol–water partition coefficient (Wildman–Crippen LogP) is 3.69.